The topological polar surface area (TPSA) is 15.6 Å². The lowest BCUT2D eigenvalue weighted by Crippen LogP contribution is -2.16. The Morgan fingerprint density at radius 1 is 1.45 bits per heavy atom. The number of amidine groups is 1. The maximum absolute atomic E-state index is 4.00. The van der Waals surface area contributed by atoms with Crippen LogP contribution in [0, 0.1) is 0 Å². The number of aliphatic imine (C=N–C) groups is 1. The Kier molecular flexibility index (Phi) is 4.82. The average Bonchev–Trinajstić information content (AvgIpc) is 2.05. The highest BCUT2D eigenvalue weighted by atomic mass is 15.1. The molecule has 0 aliphatic rings. The van der Waals surface area contributed by atoms with E-state index in [1.54, 1.807) is 24.2 Å². The van der Waals surface area contributed by atoms with Crippen LogP contribution in [0.1, 0.15) is 6.92 Å². The number of allylic oxidation sites excluding steroid dienone is 1. The van der Waals surface area contributed by atoms with Crippen molar-refractivity contribution in [3.63, 3.8) is 0 Å². The van der Waals surface area contributed by atoms with Crippen LogP contribution in [0.15, 0.2) is 42.7 Å². The van der Waals surface area contributed by atoms with Crippen LogP contribution >= 0.6 is 0 Å². The second-order valence-corrected chi connectivity index (χ2v) is 1.86. The maximum Gasteiger partial charge on any atom is 0.130 e. The zero-order valence-corrected chi connectivity index (χ0v) is 7.12. The van der Waals surface area contributed by atoms with Crippen molar-refractivity contribution >= 4 is 5.84 Å². The molecule has 0 radical (unpaired) electrons. The maximum atomic E-state index is 4.00. The fourth-order valence-electron chi connectivity index (χ4n) is 0.704. The molecule has 0 aromatic rings. The first-order chi connectivity index (χ1) is 5.29. The molecule has 0 saturated heterocycles. The molecular formula is C9H14N2. The van der Waals surface area contributed by atoms with Gasteiger partial charge in [0, 0.05) is 19.4 Å². The van der Waals surface area contributed by atoms with E-state index in [0.29, 0.717) is 0 Å². The fraction of sp³-hybridized carbons (Fsp3) is 0.222. The molecule has 0 saturated carbocycles. The third-order valence-corrected chi connectivity index (χ3v) is 1.18. The van der Waals surface area contributed by atoms with Gasteiger partial charge in [0.15, 0.2) is 0 Å². The largest absolute Gasteiger partial charge is 0.310 e. The minimum absolute atomic E-state index is 0.790. The average molecular weight is 150 g/mol. The summed E-state index contributed by atoms with van der Waals surface area (Å²) >= 11 is 0. The highest BCUT2D eigenvalue weighted by molar-refractivity contribution is 5.93. The van der Waals surface area contributed by atoms with Crippen molar-refractivity contribution in [2.75, 3.05) is 7.05 Å². The van der Waals surface area contributed by atoms with E-state index in [2.05, 4.69) is 18.2 Å². The molecule has 0 fully saturated rings. The zero-order chi connectivity index (χ0) is 8.69. The SMILES string of the molecule is C=CC(=NC)N(C=C)/C=C\C. The predicted octanol–water partition coefficient (Wildman–Crippen LogP) is 2.18. The molecule has 0 N–H and O–H groups in total. The second kappa shape index (κ2) is 5.47. The van der Waals surface area contributed by atoms with Crippen molar-refractivity contribution in [3.05, 3.63) is 37.7 Å². The van der Waals surface area contributed by atoms with E-state index < -0.39 is 0 Å². The molecule has 0 aromatic carbocycles. The minimum Gasteiger partial charge on any atom is -0.310 e. The van der Waals surface area contributed by atoms with E-state index >= 15 is 0 Å². The first-order valence-corrected chi connectivity index (χ1v) is 3.43. The Hall–Kier alpha value is -1.31. The first kappa shape index (κ1) is 9.69. The van der Waals surface area contributed by atoms with Gasteiger partial charge in [0.05, 0.1) is 0 Å². The summed E-state index contributed by atoms with van der Waals surface area (Å²) in [6.07, 6.45) is 7.15. The van der Waals surface area contributed by atoms with E-state index in [1.807, 2.05) is 19.2 Å². The monoisotopic (exact) mass is 150 g/mol. The Bertz CT molecular complexity index is 190. The van der Waals surface area contributed by atoms with Crippen LogP contribution in [0.4, 0.5) is 0 Å². The van der Waals surface area contributed by atoms with E-state index in [1.165, 1.54) is 0 Å². The Morgan fingerprint density at radius 2 is 2.09 bits per heavy atom. The van der Waals surface area contributed by atoms with Gasteiger partial charge in [-0.2, -0.15) is 0 Å². The predicted molar refractivity (Wildman–Crippen MR) is 50.4 cm³/mol. The molecule has 0 rings (SSSR count). The lowest BCUT2D eigenvalue weighted by atomic mass is 10.5. The molecule has 11 heavy (non-hydrogen) atoms. The molecular weight excluding hydrogens is 136 g/mol. The third-order valence-electron chi connectivity index (χ3n) is 1.18. The highest BCUT2D eigenvalue weighted by Crippen LogP contribution is 1.94. The summed E-state index contributed by atoms with van der Waals surface area (Å²) in [4.78, 5) is 5.80. The fourth-order valence-corrected chi connectivity index (χ4v) is 0.704. The normalized spacial score (nSPS) is 11.6. The molecule has 0 aliphatic carbocycles. The number of rotatable bonds is 3. The van der Waals surface area contributed by atoms with Gasteiger partial charge >= 0.3 is 0 Å². The molecule has 0 atom stereocenters. The summed E-state index contributed by atoms with van der Waals surface area (Å²) in [7, 11) is 1.72. The number of nitrogens with zero attached hydrogens (tertiary/aromatic N) is 2. The molecule has 60 valence electrons. The van der Waals surface area contributed by atoms with E-state index in [0.717, 1.165) is 5.84 Å². The minimum atomic E-state index is 0.790. The van der Waals surface area contributed by atoms with E-state index in [4.69, 9.17) is 0 Å². The molecule has 0 bridgehead atoms. The van der Waals surface area contributed by atoms with Gasteiger partial charge in [-0.3, -0.25) is 4.99 Å². The zero-order valence-electron chi connectivity index (χ0n) is 7.12. The Labute approximate surface area is 68.2 Å². The van der Waals surface area contributed by atoms with Crippen molar-refractivity contribution < 1.29 is 0 Å². The van der Waals surface area contributed by atoms with Gasteiger partial charge in [0.25, 0.3) is 0 Å². The third kappa shape index (κ3) is 2.85. The smallest absolute Gasteiger partial charge is 0.130 e. The van der Waals surface area contributed by atoms with Gasteiger partial charge in [-0.25, -0.2) is 0 Å². The van der Waals surface area contributed by atoms with Gasteiger partial charge in [0.1, 0.15) is 5.84 Å². The number of hydrogen-bond donors (Lipinski definition) is 0. The molecule has 0 amide bonds. The Morgan fingerprint density at radius 3 is 2.36 bits per heavy atom. The quantitative estimate of drug-likeness (QED) is 0.444. The van der Waals surface area contributed by atoms with Gasteiger partial charge < -0.3 is 4.90 Å². The van der Waals surface area contributed by atoms with E-state index in [-0.39, 0.29) is 0 Å². The van der Waals surface area contributed by atoms with Gasteiger partial charge in [-0.1, -0.05) is 19.2 Å². The molecule has 0 aliphatic heterocycles. The molecule has 0 heterocycles. The molecule has 2 heteroatoms. The van der Waals surface area contributed by atoms with Crippen molar-refractivity contribution in [2.45, 2.75) is 6.92 Å². The second-order valence-electron chi connectivity index (χ2n) is 1.86. The Balaban J connectivity index is 4.46. The van der Waals surface area contributed by atoms with Gasteiger partial charge in [-0.05, 0) is 13.0 Å². The highest BCUT2D eigenvalue weighted by Gasteiger charge is 1.96. The standard InChI is InChI=1S/C9H14N2/c1-5-8-11(7-3)9(6-2)10-4/h5-8H,2-3H2,1,4H3/b8-5-,10-9?. The van der Waals surface area contributed by atoms with Crippen LogP contribution < -0.4 is 0 Å². The van der Waals surface area contributed by atoms with Crippen molar-refractivity contribution in [2.24, 2.45) is 4.99 Å². The summed E-state index contributed by atoms with van der Waals surface area (Å²) in [5, 5.41) is 0. The van der Waals surface area contributed by atoms with Crippen LogP contribution in [-0.4, -0.2) is 17.8 Å². The summed E-state index contributed by atoms with van der Waals surface area (Å²) < 4.78 is 0. The van der Waals surface area contributed by atoms with Crippen LogP contribution in [0.3, 0.4) is 0 Å². The van der Waals surface area contributed by atoms with Crippen molar-refractivity contribution in [1.29, 1.82) is 0 Å². The molecule has 0 spiro atoms. The summed E-state index contributed by atoms with van der Waals surface area (Å²) in [5.74, 6) is 0.790. The molecule has 2 nitrogen and oxygen atoms in total. The van der Waals surface area contributed by atoms with E-state index in [9.17, 15) is 0 Å². The lowest BCUT2D eigenvalue weighted by molar-refractivity contribution is 0.762. The van der Waals surface area contributed by atoms with Crippen molar-refractivity contribution in [3.8, 4) is 0 Å². The van der Waals surface area contributed by atoms with Crippen LogP contribution in [-0.2, 0) is 0 Å². The van der Waals surface area contributed by atoms with Crippen LogP contribution in [0.25, 0.3) is 0 Å². The summed E-state index contributed by atoms with van der Waals surface area (Å²) in [5.41, 5.74) is 0. The lowest BCUT2D eigenvalue weighted by Gasteiger charge is -2.13. The molecule has 0 aromatic heterocycles. The first-order valence-electron chi connectivity index (χ1n) is 3.43. The van der Waals surface area contributed by atoms with Crippen LogP contribution in [0.2, 0.25) is 0 Å². The molecule has 0 unspecified atom stereocenters. The van der Waals surface area contributed by atoms with Crippen molar-refractivity contribution in [1.82, 2.24) is 4.90 Å². The van der Waals surface area contributed by atoms with Gasteiger partial charge in [0.2, 0.25) is 0 Å². The summed E-state index contributed by atoms with van der Waals surface area (Å²) in [6, 6.07) is 0. The van der Waals surface area contributed by atoms with Gasteiger partial charge in [-0.15, -0.1) is 0 Å². The number of hydrogen-bond acceptors (Lipinski definition) is 1. The van der Waals surface area contributed by atoms with Crippen LogP contribution in [0.5, 0.6) is 0 Å². The summed E-state index contributed by atoms with van der Waals surface area (Å²) in [6.45, 7) is 9.21.